The van der Waals surface area contributed by atoms with Crippen LogP contribution in [-0.4, -0.2) is 30.9 Å². The minimum absolute atomic E-state index is 0.147. The van der Waals surface area contributed by atoms with Crippen LogP contribution in [0.2, 0.25) is 10.0 Å². The van der Waals surface area contributed by atoms with Gasteiger partial charge in [0.1, 0.15) is 4.90 Å². The molecule has 1 N–H and O–H groups in total. The normalized spacial score (nSPS) is 18.2. The number of piperidine rings is 1. The van der Waals surface area contributed by atoms with Crippen LogP contribution in [0.5, 0.6) is 0 Å². The van der Waals surface area contributed by atoms with Crippen LogP contribution in [0, 0.1) is 6.92 Å². The molecule has 0 bridgehead atoms. The zero-order valence-electron chi connectivity index (χ0n) is 13.7. The van der Waals surface area contributed by atoms with Gasteiger partial charge in [0.15, 0.2) is 0 Å². The van der Waals surface area contributed by atoms with Gasteiger partial charge in [-0.3, -0.25) is 0 Å². The second kappa shape index (κ2) is 6.89. The number of nitrogens with zero attached hydrogens (tertiary/aromatic N) is 1. The standard InChI is InChI=1S/C18H19Cl2NO3S/c1-13-3-2-4-16(20)17(13)25(23,24)21-11-9-18(22,10-12-21)14-5-7-15(19)8-6-14/h2-8,22H,9-12H2,1H3. The van der Waals surface area contributed by atoms with Crippen LogP contribution >= 0.6 is 23.2 Å². The van der Waals surface area contributed by atoms with Gasteiger partial charge in [-0.25, -0.2) is 8.42 Å². The van der Waals surface area contributed by atoms with Gasteiger partial charge in [0, 0.05) is 18.1 Å². The monoisotopic (exact) mass is 399 g/mol. The van der Waals surface area contributed by atoms with Crippen LogP contribution in [0.4, 0.5) is 0 Å². The van der Waals surface area contributed by atoms with E-state index in [-0.39, 0.29) is 23.0 Å². The summed E-state index contributed by atoms with van der Waals surface area (Å²) in [6.07, 6.45) is 0.634. The maximum absolute atomic E-state index is 13.0. The Kier molecular flexibility index (Phi) is 5.15. The van der Waals surface area contributed by atoms with E-state index in [0.717, 1.165) is 5.56 Å². The Morgan fingerprint density at radius 2 is 1.64 bits per heavy atom. The van der Waals surface area contributed by atoms with Crippen molar-refractivity contribution in [3.63, 3.8) is 0 Å². The van der Waals surface area contributed by atoms with Crippen molar-refractivity contribution in [3.8, 4) is 0 Å². The second-order valence-corrected chi connectivity index (χ2v) is 9.05. The van der Waals surface area contributed by atoms with Crippen molar-refractivity contribution >= 4 is 33.2 Å². The smallest absolute Gasteiger partial charge is 0.244 e. The third kappa shape index (κ3) is 3.57. The van der Waals surface area contributed by atoms with Crippen LogP contribution < -0.4 is 0 Å². The van der Waals surface area contributed by atoms with E-state index in [2.05, 4.69) is 0 Å². The molecule has 0 spiro atoms. The summed E-state index contributed by atoms with van der Waals surface area (Å²) in [5.41, 5.74) is 0.320. The number of hydrogen-bond acceptors (Lipinski definition) is 3. The highest BCUT2D eigenvalue weighted by molar-refractivity contribution is 7.89. The van der Waals surface area contributed by atoms with Gasteiger partial charge in [0.2, 0.25) is 10.0 Å². The van der Waals surface area contributed by atoms with Crippen molar-refractivity contribution in [3.05, 3.63) is 63.6 Å². The first-order valence-electron chi connectivity index (χ1n) is 7.98. The molecule has 2 aromatic carbocycles. The average molecular weight is 400 g/mol. The lowest BCUT2D eigenvalue weighted by Crippen LogP contribution is -2.45. The van der Waals surface area contributed by atoms with E-state index in [1.807, 2.05) is 0 Å². The van der Waals surface area contributed by atoms with E-state index < -0.39 is 15.6 Å². The third-order valence-corrected chi connectivity index (χ3v) is 7.47. The van der Waals surface area contributed by atoms with Crippen LogP contribution in [0.25, 0.3) is 0 Å². The van der Waals surface area contributed by atoms with E-state index in [0.29, 0.717) is 23.4 Å². The van der Waals surface area contributed by atoms with E-state index in [1.54, 1.807) is 49.4 Å². The van der Waals surface area contributed by atoms with Gasteiger partial charge in [-0.15, -0.1) is 0 Å². The van der Waals surface area contributed by atoms with Gasteiger partial charge in [0.05, 0.1) is 10.6 Å². The molecule has 1 heterocycles. The van der Waals surface area contributed by atoms with Crippen molar-refractivity contribution in [2.24, 2.45) is 0 Å². The number of sulfonamides is 1. The van der Waals surface area contributed by atoms with E-state index >= 15 is 0 Å². The van der Waals surface area contributed by atoms with Crippen molar-refractivity contribution < 1.29 is 13.5 Å². The van der Waals surface area contributed by atoms with E-state index in [4.69, 9.17) is 23.2 Å². The van der Waals surface area contributed by atoms with Crippen LogP contribution in [0.1, 0.15) is 24.0 Å². The zero-order chi connectivity index (χ0) is 18.2. The summed E-state index contributed by atoms with van der Waals surface area (Å²) in [6.45, 7) is 2.19. The van der Waals surface area contributed by atoms with Gasteiger partial charge < -0.3 is 5.11 Å². The molecule has 0 aromatic heterocycles. The summed E-state index contributed by atoms with van der Waals surface area (Å²) in [6, 6.07) is 12.1. The summed E-state index contributed by atoms with van der Waals surface area (Å²) in [5, 5.41) is 11.7. The molecule has 0 radical (unpaired) electrons. The maximum atomic E-state index is 13.0. The molecule has 0 unspecified atom stereocenters. The fraction of sp³-hybridized carbons (Fsp3) is 0.333. The Balaban J connectivity index is 1.83. The van der Waals surface area contributed by atoms with Gasteiger partial charge in [-0.2, -0.15) is 4.31 Å². The Morgan fingerprint density at radius 1 is 1.04 bits per heavy atom. The van der Waals surface area contributed by atoms with Crippen molar-refractivity contribution in [1.29, 1.82) is 0 Å². The predicted octanol–water partition coefficient (Wildman–Crippen LogP) is 3.97. The van der Waals surface area contributed by atoms with Crippen LogP contribution in [0.3, 0.4) is 0 Å². The van der Waals surface area contributed by atoms with Crippen molar-refractivity contribution in [2.75, 3.05) is 13.1 Å². The fourth-order valence-electron chi connectivity index (χ4n) is 3.22. The van der Waals surface area contributed by atoms with Crippen LogP contribution in [-0.2, 0) is 15.6 Å². The molecule has 7 heteroatoms. The lowest BCUT2D eigenvalue weighted by molar-refractivity contribution is -0.00961. The van der Waals surface area contributed by atoms with Gasteiger partial charge in [0.25, 0.3) is 0 Å². The highest BCUT2D eigenvalue weighted by Gasteiger charge is 2.39. The number of halogens is 2. The van der Waals surface area contributed by atoms with Gasteiger partial charge >= 0.3 is 0 Å². The number of hydrogen-bond donors (Lipinski definition) is 1. The molecule has 134 valence electrons. The largest absolute Gasteiger partial charge is 0.385 e. The molecule has 1 aliphatic rings. The minimum atomic E-state index is -3.69. The molecule has 0 aliphatic carbocycles. The lowest BCUT2D eigenvalue weighted by Gasteiger charge is -2.38. The van der Waals surface area contributed by atoms with Crippen molar-refractivity contribution in [2.45, 2.75) is 30.3 Å². The number of aryl methyl sites for hydroxylation is 1. The molecule has 0 atom stereocenters. The van der Waals surface area contributed by atoms with Crippen LogP contribution in [0.15, 0.2) is 47.4 Å². The molecule has 0 saturated carbocycles. The average Bonchev–Trinajstić information content (AvgIpc) is 2.55. The Labute approximate surface area is 158 Å². The Morgan fingerprint density at radius 3 is 2.20 bits per heavy atom. The number of benzene rings is 2. The zero-order valence-corrected chi connectivity index (χ0v) is 16.1. The molecular formula is C18H19Cl2NO3S. The second-order valence-electron chi connectivity index (χ2n) is 6.33. The molecule has 4 nitrogen and oxygen atoms in total. The molecule has 1 fully saturated rings. The molecule has 2 aromatic rings. The summed E-state index contributed by atoms with van der Waals surface area (Å²) < 4.78 is 27.3. The Bertz CT molecular complexity index is 853. The van der Waals surface area contributed by atoms with Gasteiger partial charge in [-0.05, 0) is 49.1 Å². The van der Waals surface area contributed by atoms with E-state index in [9.17, 15) is 13.5 Å². The maximum Gasteiger partial charge on any atom is 0.244 e. The minimum Gasteiger partial charge on any atom is -0.385 e. The number of aliphatic hydroxyl groups is 1. The topological polar surface area (TPSA) is 57.6 Å². The third-order valence-electron chi connectivity index (χ3n) is 4.69. The molecule has 1 aliphatic heterocycles. The fourth-order valence-corrected chi connectivity index (χ4v) is 5.57. The Hall–Kier alpha value is -1.11. The highest BCUT2D eigenvalue weighted by Crippen LogP contribution is 2.36. The summed E-state index contributed by atoms with van der Waals surface area (Å²) in [7, 11) is -3.69. The predicted molar refractivity (Wildman–Crippen MR) is 99.5 cm³/mol. The molecule has 3 rings (SSSR count). The molecule has 25 heavy (non-hydrogen) atoms. The first-order valence-corrected chi connectivity index (χ1v) is 10.2. The number of rotatable bonds is 3. The quantitative estimate of drug-likeness (QED) is 0.848. The first-order chi connectivity index (χ1) is 11.7. The lowest BCUT2D eigenvalue weighted by atomic mass is 9.85. The molecule has 0 amide bonds. The highest BCUT2D eigenvalue weighted by atomic mass is 35.5. The first kappa shape index (κ1) is 18.7. The van der Waals surface area contributed by atoms with Crippen molar-refractivity contribution in [1.82, 2.24) is 4.31 Å². The molecule has 1 saturated heterocycles. The summed E-state index contributed by atoms with van der Waals surface area (Å²) in [4.78, 5) is 0.147. The summed E-state index contributed by atoms with van der Waals surface area (Å²) in [5.74, 6) is 0. The van der Waals surface area contributed by atoms with E-state index in [1.165, 1.54) is 4.31 Å². The summed E-state index contributed by atoms with van der Waals surface area (Å²) >= 11 is 12.0. The SMILES string of the molecule is Cc1cccc(Cl)c1S(=O)(=O)N1CCC(O)(c2ccc(Cl)cc2)CC1. The molecular weight excluding hydrogens is 381 g/mol. The van der Waals surface area contributed by atoms with Gasteiger partial charge in [-0.1, -0.05) is 47.5 Å².